The van der Waals surface area contributed by atoms with E-state index in [-0.39, 0.29) is 0 Å². The molecule has 76 valence electrons. The van der Waals surface area contributed by atoms with Gasteiger partial charge in [-0.05, 0) is 11.6 Å². The summed E-state index contributed by atoms with van der Waals surface area (Å²) in [4.78, 5) is 11.0. The predicted molar refractivity (Wildman–Crippen MR) is 55.7 cm³/mol. The van der Waals surface area contributed by atoms with Gasteiger partial charge < -0.3 is 4.74 Å². The smallest absolute Gasteiger partial charge is 0.438 e. The van der Waals surface area contributed by atoms with Gasteiger partial charge in [-0.1, -0.05) is 34.1 Å². The lowest BCUT2D eigenvalue weighted by Crippen LogP contribution is -2.27. The zero-order valence-corrected chi connectivity index (χ0v) is 9.19. The number of amides is 1. The molecule has 0 heterocycles. The normalized spacial score (nSPS) is 9.64. The molecular formula is C9H10BrNO3. The number of methoxy groups -OCH3 is 1. The monoisotopic (exact) mass is 259 g/mol. The van der Waals surface area contributed by atoms with Crippen LogP contribution in [0.4, 0.5) is 10.5 Å². The fraction of sp³-hybridized carbons (Fsp3) is 0.222. The fourth-order valence-electron chi connectivity index (χ4n) is 1.02. The summed E-state index contributed by atoms with van der Waals surface area (Å²) in [6, 6.07) is 6.99. The maximum atomic E-state index is 11.0. The van der Waals surface area contributed by atoms with Gasteiger partial charge in [-0.25, -0.2) is 4.79 Å². The van der Waals surface area contributed by atoms with Crippen LogP contribution in [0.15, 0.2) is 24.3 Å². The Morgan fingerprint density at radius 2 is 2.21 bits per heavy atom. The molecule has 0 aromatic heterocycles. The van der Waals surface area contributed by atoms with Crippen molar-refractivity contribution >= 4 is 27.7 Å². The molecule has 0 fully saturated rings. The number of hydrogen-bond donors (Lipinski definition) is 1. The molecule has 14 heavy (non-hydrogen) atoms. The van der Waals surface area contributed by atoms with Gasteiger partial charge in [-0.15, -0.1) is 0 Å². The molecule has 0 saturated carbocycles. The number of rotatable bonds is 2. The SMILES string of the molecule is COC(=O)N(O)c1ccccc1CBr. The van der Waals surface area contributed by atoms with E-state index in [1.54, 1.807) is 18.2 Å². The van der Waals surface area contributed by atoms with Gasteiger partial charge in [0.2, 0.25) is 0 Å². The van der Waals surface area contributed by atoms with Crippen molar-refractivity contribution in [1.82, 2.24) is 0 Å². The summed E-state index contributed by atoms with van der Waals surface area (Å²) in [6.07, 6.45) is -0.807. The summed E-state index contributed by atoms with van der Waals surface area (Å²) in [5.74, 6) is 0. The number of hydrogen-bond acceptors (Lipinski definition) is 3. The molecule has 1 aromatic carbocycles. The highest BCUT2D eigenvalue weighted by molar-refractivity contribution is 9.08. The van der Waals surface area contributed by atoms with E-state index in [0.29, 0.717) is 16.1 Å². The van der Waals surface area contributed by atoms with Crippen LogP contribution in [0.5, 0.6) is 0 Å². The Morgan fingerprint density at radius 3 is 2.79 bits per heavy atom. The molecule has 0 aliphatic heterocycles. The lowest BCUT2D eigenvalue weighted by atomic mass is 10.2. The quantitative estimate of drug-likeness (QED) is 0.505. The largest absolute Gasteiger partial charge is 0.451 e. The van der Waals surface area contributed by atoms with E-state index in [0.717, 1.165) is 5.56 Å². The summed E-state index contributed by atoms with van der Waals surface area (Å²) >= 11 is 3.26. The average Bonchev–Trinajstić information content (AvgIpc) is 2.26. The molecule has 4 nitrogen and oxygen atoms in total. The Bertz CT molecular complexity index is 330. The van der Waals surface area contributed by atoms with E-state index in [1.165, 1.54) is 7.11 Å². The maximum absolute atomic E-state index is 11.0. The van der Waals surface area contributed by atoms with Crippen molar-refractivity contribution in [3.05, 3.63) is 29.8 Å². The van der Waals surface area contributed by atoms with E-state index < -0.39 is 6.09 Å². The summed E-state index contributed by atoms with van der Waals surface area (Å²) in [6.45, 7) is 0. The number of alkyl halides is 1. The zero-order valence-electron chi connectivity index (χ0n) is 7.61. The van der Waals surface area contributed by atoms with Crippen LogP contribution in [-0.2, 0) is 10.1 Å². The van der Waals surface area contributed by atoms with Gasteiger partial charge in [0.05, 0.1) is 12.8 Å². The molecule has 0 unspecified atom stereocenters. The third kappa shape index (κ3) is 2.24. The molecule has 0 radical (unpaired) electrons. The Kier molecular flexibility index (Phi) is 3.91. The second kappa shape index (κ2) is 4.97. The van der Waals surface area contributed by atoms with E-state index in [4.69, 9.17) is 0 Å². The minimum atomic E-state index is -0.807. The number of hydroxylamine groups is 1. The van der Waals surface area contributed by atoms with Gasteiger partial charge >= 0.3 is 6.09 Å². The molecule has 0 aliphatic rings. The van der Waals surface area contributed by atoms with Gasteiger partial charge in [0.25, 0.3) is 0 Å². The van der Waals surface area contributed by atoms with Gasteiger partial charge in [0.15, 0.2) is 0 Å². The number of halogens is 1. The van der Waals surface area contributed by atoms with E-state index in [9.17, 15) is 10.0 Å². The van der Waals surface area contributed by atoms with Crippen LogP contribution in [0.25, 0.3) is 0 Å². The minimum absolute atomic E-state index is 0.413. The van der Waals surface area contributed by atoms with Crippen molar-refractivity contribution in [3.63, 3.8) is 0 Å². The van der Waals surface area contributed by atoms with Crippen LogP contribution in [-0.4, -0.2) is 18.4 Å². The van der Waals surface area contributed by atoms with Gasteiger partial charge in [-0.3, -0.25) is 5.21 Å². The maximum Gasteiger partial charge on any atom is 0.438 e. The summed E-state index contributed by atoms with van der Waals surface area (Å²) in [7, 11) is 1.21. The first-order valence-corrected chi connectivity index (χ1v) is 5.03. The van der Waals surface area contributed by atoms with Crippen molar-refractivity contribution in [2.75, 3.05) is 12.2 Å². The van der Waals surface area contributed by atoms with Crippen molar-refractivity contribution in [1.29, 1.82) is 0 Å². The second-order valence-corrected chi connectivity index (χ2v) is 3.10. The van der Waals surface area contributed by atoms with Crippen molar-refractivity contribution in [2.24, 2.45) is 0 Å². The average molecular weight is 260 g/mol. The molecule has 5 heteroatoms. The molecule has 1 N–H and O–H groups in total. The Balaban J connectivity index is 2.99. The lowest BCUT2D eigenvalue weighted by Gasteiger charge is -2.15. The number of carbonyl (C=O) groups is 1. The molecule has 0 aliphatic carbocycles. The van der Waals surface area contributed by atoms with Gasteiger partial charge in [-0.2, -0.15) is 5.06 Å². The van der Waals surface area contributed by atoms with Crippen LogP contribution < -0.4 is 5.06 Å². The minimum Gasteiger partial charge on any atom is -0.451 e. The number of anilines is 1. The second-order valence-electron chi connectivity index (χ2n) is 2.54. The van der Waals surface area contributed by atoms with E-state index in [1.807, 2.05) is 6.07 Å². The summed E-state index contributed by atoms with van der Waals surface area (Å²) < 4.78 is 4.39. The third-order valence-electron chi connectivity index (χ3n) is 1.71. The van der Waals surface area contributed by atoms with Crippen molar-refractivity contribution in [3.8, 4) is 0 Å². The molecule has 1 rings (SSSR count). The molecule has 0 spiro atoms. The summed E-state index contributed by atoms with van der Waals surface area (Å²) in [5.41, 5.74) is 1.22. The standard InChI is InChI=1S/C9H10BrNO3/c1-14-9(12)11(13)8-5-3-2-4-7(8)6-10/h2-5,13H,6H2,1H3. The first-order valence-electron chi connectivity index (χ1n) is 3.91. The Morgan fingerprint density at radius 1 is 1.57 bits per heavy atom. The van der Waals surface area contributed by atoms with Gasteiger partial charge in [0, 0.05) is 5.33 Å². The topological polar surface area (TPSA) is 49.8 Å². The van der Waals surface area contributed by atoms with E-state index >= 15 is 0 Å². The highest BCUT2D eigenvalue weighted by Gasteiger charge is 2.15. The Labute approximate surface area is 90.2 Å². The predicted octanol–water partition coefficient (Wildman–Crippen LogP) is 2.54. The molecule has 1 aromatic rings. The number of benzene rings is 1. The number of carbonyl (C=O) groups excluding carboxylic acids is 1. The summed E-state index contributed by atoms with van der Waals surface area (Å²) in [5, 5.41) is 10.5. The first kappa shape index (κ1) is 11.0. The third-order valence-corrected chi connectivity index (χ3v) is 2.32. The van der Waals surface area contributed by atoms with Crippen molar-refractivity contribution in [2.45, 2.75) is 5.33 Å². The molecule has 0 bridgehead atoms. The highest BCUT2D eigenvalue weighted by atomic mass is 79.9. The molecule has 0 saturated heterocycles. The number of ether oxygens (including phenoxy) is 1. The van der Waals surface area contributed by atoms with E-state index in [2.05, 4.69) is 20.7 Å². The zero-order chi connectivity index (χ0) is 10.6. The molecule has 1 amide bonds. The first-order chi connectivity index (χ1) is 6.70. The van der Waals surface area contributed by atoms with Crippen molar-refractivity contribution < 1.29 is 14.7 Å². The van der Waals surface area contributed by atoms with Crippen LogP contribution in [0, 0.1) is 0 Å². The van der Waals surface area contributed by atoms with Gasteiger partial charge in [0.1, 0.15) is 0 Å². The molecular weight excluding hydrogens is 250 g/mol. The Hall–Kier alpha value is -1.07. The number of nitrogens with zero attached hydrogens (tertiary/aromatic N) is 1. The fourth-order valence-corrected chi connectivity index (χ4v) is 1.49. The van der Waals surface area contributed by atoms with Crippen LogP contribution >= 0.6 is 15.9 Å². The highest BCUT2D eigenvalue weighted by Crippen LogP contribution is 2.21. The lowest BCUT2D eigenvalue weighted by molar-refractivity contribution is 0.141. The molecule has 0 atom stereocenters. The van der Waals surface area contributed by atoms with Crippen LogP contribution in [0.1, 0.15) is 5.56 Å². The van der Waals surface area contributed by atoms with Crippen LogP contribution in [0.2, 0.25) is 0 Å². The van der Waals surface area contributed by atoms with Crippen LogP contribution in [0.3, 0.4) is 0 Å². The number of para-hydroxylation sites is 1.